The number of pyridine rings is 1. The Morgan fingerprint density at radius 3 is 2.85 bits per heavy atom. The lowest BCUT2D eigenvalue weighted by Gasteiger charge is -2.30. The second-order valence-corrected chi connectivity index (χ2v) is 9.30. The third-order valence-electron chi connectivity index (χ3n) is 5.19. The van der Waals surface area contributed by atoms with Crippen molar-refractivity contribution in [1.29, 1.82) is 0 Å². The van der Waals surface area contributed by atoms with E-state index in [9.17, 15) is 13.2 Å². The van der Waals surface area contributed by atoms with E-state index < -0.39 is 10.0 Å². The molecule has 1 fully saturated rings. The molecule has 2 aromatic heterocycles. The first-order valence-corrected chi connectivity index (χ1v) is 11.3. The fraction of sp³-hybridized carbons (Fsp3) is 0.579. The first-order chi connectivity index (χ1) is 12.8. The van der Waals surface area contributed by atoms with E-state index in [2.05, 4.69) is 6.92 Å². The lowest BCUT2D eigenvalue weighted by atomic mass is 9.99. The maximum absolute atomic E-state index is 12.9. The highest BCUT2D eigenvalue weighted by molar-refractivity contribution is 7.88. The Balaban J connectivity index is 1.96. The Morgan fingerprint density at radius 1 is 1.37 bits per heavy atom. The van der Waals surface area contributed by atoms with Crippen LogP contribution in [0.4, 0.5) is 0 Å². The minimum absolute atomic E-state index is 0.0223. The zero-order chi connectivity index (χ0) is 19.6. The Bertz CT molecular complexity index is 922. The summed E-state index contributed by atoms with van der Waals surface area (Å²) < 4.78 is 27.4. The monoisotopic (exact) mass is 392 g/mol. The number of amides is 1. The molecule has 0 bridgehead atoms. The molecule has 0 spiro atoms. The predicted molar refractivity (Wildman–Crippen MR) is 105 cm³/mol. The summed E-state index contributed by atoms with van der Waals surface area (Å²) in [5, 5.41) is 0. The molecule has 8 heteroatoms. The number of nitrogens with zero attached hydrogens (tertiary/aromatic N) is 4. The van der Waals surface area contributed by atoms with Crippen LogP contribution < -0.4 is 0 Å². The van der Waals surface area contributed by atoms with Gasteiger partial charge < -0.3 is 9.30 Å². The first-order valence-electron chi connectivity index (χ1n) is 9.50. The van der Waals surface area contributed by atoms with E-state index >= 15 is 0 Å². The molecular formula is C19H28N4O3S. The predicted octanol–water partition coefficient (Wildman–Crippen LogP) is 2.35. The van der Waals surface area contributed by atoms with Gasteiger partial charge in [0.25, 0.3) is 5.91 Å². The third kappa shape index (κ3) is 4.16. The van der Waals surface area contributed by atoms with Crippen molar-refractivity contribution in [1.82, 2.24) is 18.6 Å². The fourth-order valence-corrected chi connectivity index (χ4v) is 4.55. The summed E-state index contributed by atoms with van der Waals surface area (Å²) >= 11 is 0. The molecule has 1 saturated heterocycles. The number of unbranched alkanes of at least 4 members (excludes halogenated alkanes) is 1. The lowest BCUT2D eigenvalue weighted by Crippen LogP contribution is -2.38. The van der Waals surface area contributed by atoms with Crippen LogP contribution in [0.2, 0.25) is 0 Å². The largest absolute Gasteiger partial charge is 0.340 e. The van der Waals surface area contributed by atoms with Crippen molar-refractivity contribution in [2.75, 3.05) is 32.9 Å². The van der Waals surface area contributed by atoms with Gasteiger partial charge in [-0.15, -0.1) is 0 Å². The third-order valence-corrected chi connectivity index (χ3v) is 6.46. The molecule has 7 nitrogen and oxygen atoms in total. The molecule has 1 aliphatic rings. The number of piperidine rings is 1. The summed E-state index contributed by atoms with van der Waals surface area (Å²) in [6, 6.07) is 5.70. The van der Waals surface area contributed by atoms with Crippen molar-refractivity contribution < 1.29 is 13.2 Å². The summed E-state index contributed by atoms with van der Waals surface area (Å²) in [6.45, 7) is 3.75. The highest BCUT2D eigenvalue weighted by atomic mass is 32.2. The van der Waals surface area contributed by atoms with Crippen LogP contribution in [0.5, 0.6) is 0 Å². The van der Waals surface area contributed by atoms with Gasteiger partial charge in [0.15, 0.2) is 5.69 Å². The van der Waals surface area contributed by atoms with E-state index in [1.165, 1.54) is 10.6 Å². The number of fused-ring (bicyclic) bond motifs is 1. The van der Waals surface area contributed by atoms with Gasteiger partial charge in [-0.2, -0.15) is 0 Å². The molecule has 0 aliphatic carbocycles. The highest BCUT2D eigenvalue weighted by Gasteiger charge is 2.31. The van der Waals surface area contributed by atoms with E-state index in [-0.39, 0.29) is 11.8 Å². The van der Waals surface area contributed by atoms with Crippen molar-refractivity contribution in [3.63, 3.8) is 0 Å². The quantitative estimate of drug-likeness (QED) is 0.756. The number of imidazole rings is 1. The van der Waals surface area contributed by atoms with E-state index in [0.717, 1.165) is 37.0 Å². The summed E-state index contributed by atoms with van der Waals surface area (Å²) in [5.74, 6) is 0.659. The van der Waals surface area contributed by atoms with Gasteiger partial charge in [-0.3, -0.25) is 4.79 Å². The Morgan fingerprint density at radius 2 is 2.15 bits per heavy atom. The number of hydrogen-bond donors (Lipinski definition) is 0. The van der Waals surface area contributed by atoms with Crippen molar-refractivity contribution >= 4 is 21.4 Å². The number of aromatic nitrogens is 2. The zero-order valence-corrected chi connectivity index (χ0v) is 17.1. The van der Waals surface area contributed by atoms with E-state index in [1.54, 1.807) is 11.9 Å². The number of carbonyl (C=O) groups excluding carboxylic acids is 1. The van der Waals surface area contributed by atoms with Gasteiger partial charge in [0.05, 0.1) is 11.8 Å². The molecule has 27 heavy (non-hydrogen) atoms. The summed E-state index contributed by atoms with van der Waals surface area (Å²) in [7, 11) is -1.43. The fourth-order valence-electron chi connectivity index (χ4n) is 3.64. The second kappa shape index (κ2) is 7.98. The standard InChI is InChI=1S/C19H28N4O3S/c1-4-5-11-21(2)19(24)17-16-10-6-7-13-23(16)18(20-17)15-9-8-12-22(14-15)27(3,25)26/h6-7,10,13,15H,4-5,8-9,11-12,14H2,1-3H3. The number of carbonyl (C=O) groups is 1. The summed E-state index contributed by atoms with van der Waals surface area (Å²) in [6.07, 6.45) is 6.78. The van der Waals surface area contributed by atoms with E-state index in [1.807, 2.05) is 28.8 Å². The molecule has 148 valence electrons. The molecule has 1 atom stereocenters. The van der Waals surface area contributed by atoms with Crippen LogP contribution >= 0.6 is 0 Å². The van der Waals surface area contributed by atoms with Gasteiger partial charge >= 0.3 is 0 Å². The van der Waals surface area contributed by atoms with Crippen LogP contribution in [-0.4, -0.2) is 65.9 Å². The molecule has 0 N–H and O–H groups in total. The number of sulfonamides is 1. The van der Waals surface area contributed by atoms with Crippen molar-refractivity contribution in [2.45, 2.75) is 38.5 Å². The maximum atomic E-state index is 12.9. The molecule has 1 unspecified atom stereocenters. The van der Waals surface area contributed by atoms with Crippen LogP contribution in [-0.2, 0) is 10.0 Å². The average Bonchev–Trinajstić information content (AvgIpc) is 3.04. The van der Waals surface area contributed by atoms with Crippen molar-refractivity contribution in [3.05, 3.63) is 35.9 Å². The molecule has 2 aromatic rings. The van der Waals surface area contributed by atoms with Gasteiger partial charge in [0, 0.05) is 38.8 Å². The van der Waals surface area contributed by atoms with Gasteiger partial charge in [0.2, 0.25) is 10.0 Å². The Labute approximate surface area is 161 Å². The Hall–Kier alpha value is -1.93. The van der Waals surface area contributed by atoms with Crippen molar-refractivity contribution in [3.8, 4) is 0 Å². The summed E-state index contributed by atoms with van der Waals surface area (Å²) in [5.41, 5.74) is 1.22. The molecule has 0 aromatic carbocycles. The highest BCUT2D eigenvalue weighted by Crippen LogP contribution is 2.29. The smallest absolute Gasteiger partial charge is 0.274 e. The molecule has 3 heterocycles. The van der Waals surface area contributed by atoms with E-state index in [4.69, 9.17) is 4.98 Å². The molecule has 3 rings (SSSR count). The van der Waals surface area contributed by atoms with Gasteiger partial charge in [-0.05, 0) is 31.4 Å². The first kappa shape index (κ1) is 19.8. The van der Waals surface area contributed by atoms with Gasteiger partial charge in [-0.25, -0.2) is 17.7 Å². The zero-order valence-electron chi connectivity index (χ0n) is 16.3. The van der Waals surface area contributed by atoms with Crippen LogP contribution in [0, 0.1) is 0 Å². The van der Waals surface area contributed by atoms with Crippen LogP contribution in [0.1, 0.15) is 54.8 Å². The lowest BCUT2D eigenvalue weighted by molar-refractivity contribution is 0.0789. The van der Waals surface area contributed by atoms with Crippen LogP contribution in [0.15, 0.2) is 24.4 Å². The van der Waals surface area contributed by atoms with E-state index in [0.29, 0.717) is 25.3 Å². The Kier molecular flexibility index (Phi) is 5.86. The minimum atomic E-state index is -3.23. The number of rotatable bonds is 6. The van der Waals surface area contributed by atoms with Gasteiger partial charge in [-0.1, -0.05) is 19.4 Å². The normalized spacial score (nSPS) is 18.7. The summed E-state index contributed by atoms with van der Waals surface area (Å²) in [4.78, 5) is 19.4. The molecule has 1 aliphatic heterocycles. The van der Waals surface area contributed by atoms with Crippen molar-refractivity contribution in [2.24, 2.45) is 0 Å². The average molecular weight is 393 g/mol. The second-order valence-electron chi connectivity index (χ2n) is 7.31. The van der Waals surface area contributed by atoms with Crippen LogP contribution in [0.25, 0.3) is 5.52 Å². The molecular weight excluding hydrogens is 364 g/mol. The SMILES string of the molecule is CCCCN(C)C(=O)c1nc(C2CCCN(S(C)(=O)=O)C2)n2ccccc12. The molecule has 0 radical (unpaired) electrons. The topological polar surface area (TPSA) is 75.0 Å². The molecule has 0 saturated carbocycles. The maximum Gasteiger partial charge on any atom is 0.274 e. The van der Waals surface area contributed by atoms with Gasteiger partial charge in [0.1, 0.15) is 5.82 Å². The number of hydrogen-bond acceptors (Lipinski definition) is 4. The minimum Gasteiger partial charge on any atom is -0.340 e. The van der Waals surface area contributed by atoms with Crippen LogP contribution in [0.3, 0.4) is 0 Å². The molecule has 1 amide bonds.